The second-order valence-electron chi connectivity index (χ2n) is 5.45. The first-order chi connectivity index (χ1) is 10.0. The van der Waals surface area contributed by atoms with Gasteiger partial charge in [-0.25, -0.2) is 9.67 Å². The summed E-state index contributed by atoms with van der Waals surface area (Å²) in [4.78, 5) is 4.34. The number of aromatic nitrogens is 3. The molecule has 0 saturated heterocycles. The van der Waals surface area contributed by atoms with Crippen LogP contribution in [0.15, 0.2) is 29.0 Å². The van der Waals surface area contributed by atoms with Crippen LogP contribution in [0.1, 0.15) is 31.3 Å². The van der Waals surface area contributed by atoms with E-state index >= 15 is 0 Å². The largest absolute Gasteiger partial charge is 0.398 e. The molecule has 5 N–H and O–H groups in total. The van der Waals surface area contributed by atoms with Gasteiger partial charge in [0.1, 0.15) is 12.2 Å². The van der Waals surface area contributed by atoms with Crippen LogP contribution in [0.2, 0.25) is 0 Å². The van der Waals surface area contributed by atoms with Gasteiger partial charge < -0.3 is 5.73 Å². The van der Waals surface area contributed by atoms with E-state index in [1.165, 1.54) is 0 Å². The Bertz CT molecular complexity index is 595. The molecule has 0 spiro atoms. The fourth-order valence-corrected chi connectivity index (χ4v) is 2.61. The van der Waals surface area contributed by atoms with E-state index < -0.39 is 0 Å². The van der Waals surface area contributed by atoms with Crippen LogP contribution >= 0.6 is 15.9 Å². The van der Waals surface area contributed by atoms with Crippen molar-refractivity contribution in [3.63, 3.8) is 0 Å². The minimum Gasteiger partial charge on any atom is -0.398 e. The number of hydrogen-bond acceptors (Lipinski definition) is 5. The van der Waals surface area contributed by atoms with Crippen molar-refractivity contribution in [3.8, 4) is 0 Å². The van der Waals surface area contributed by atoms with Crippen molar-refractivity contribution >= 4 is 21.6 Å². The van der Waals surface area contributed by atoms with E-state index in [4.69, 9.17) is 11.6 Å². The predicted molar refractivity (Wildman–Crippen MR) is 87.2 cm³/mol. The Morgan fingerprint density at radius 1 is 1.38 bits per heavy atom. The van der Waals surface area contributed by atoms with E-state index in [2.05, 4.69) is 45.3 Å². The molecule has 0 bridgehead atoms. The lowest BCUT2D eigenvalue weighted by atomic mass is 10.0. The van der Waals surface area contributed by atoms with E-state index in [0.29, 0.717) is 18.0 Å². The van der Waals surface area contributed by atoms with Crippen LogP contribution in [-0.4, -0.2) is 14.8 Å². The number of nitrogen functional groups attached to an aromatic ring is 1. The summed E-state index contributed by atoms with van der Waals surface area (Å²) >= 11 is 3.46. The fourth-order valence-electron chi connectivity index (χ4n) is 2.23. The summed E-state index contributed by atoms with van der Waals surface area (Å²) < 4.78 is 2.89. The molecule has 1 heterocycles. The van der Waals surface area contributed by atoms with Gasteiger partial charge in [-0.3, -0.25) is 11.3 Å². The second-order valence-corrected chi connectivity index (χ2v) is 6.36. The van der Waals surface area contributed by atoms with Gasteiger partial charge in [-0.1, -0.05) is 29.8 Å². The molecule has 1 aromatic carbocycles. The smallest absolute Gasteiger partial charge is 0.138 e. The first kappa shape index (κ1) is 15.9. The topological polar surface area (TPSA) is 94.8 Å². The molecular weight excluding hydrogens is 332 g/mol. The lowest BCUT2D eigenvalue weighted by molar-refractivity contribution is 0.447. The Kier molecular flexibility index (Phi) is 5.33. The quantitative estimate of drug-likeness (QED) is 0.420. The van der Waals surface area contributed by atoms with E-state index in [1.807, 2.05) is 22.9 Å². The highest BCUT2D eigenvalue weighted by Crippen LogP contribution is 2.26. The number of benzene rings is 1. The Labute approximate surface area is 133 Å². The number of nitrogens with one attached hydrogen (secondary N) is 1. The average Bonchev–Trinajstić information content (AvgIpc) is 2.85. The van der Waals surface area contributed by atoms with Gasteiger partial charge in [-0.2, -0.15) is 5.10 Å². The SMILES string of the molecule is CC(C)Cn1ncnc1CC(NN)c1cc(Br)ccc1N. The van der Waals surface area contributed by atoms with E-state index in [0.717, 1.165) is 22.4 Å². The highest BCUT2D eigenvalue weighted by atomic mass is 79.9. The minimum atomic E-state index is -0.113. The van der Waals surface area contributed by atoms with E-state index in [9.17, 15) is 0 Å². The highest BCUT2D eigenvalue weighted by Gasteiger charge is 2.17. The molecule has 1 unspecified atom stereocenters. The lowest BCUT2D eigenvalue weighted by Crippen LogP contribution is -2.31. The maximum atomic E-state index is 6.05. The number of nitrogens with zero attached hydrogens (tertiary/aromatic N) is 3. The number of nitrogens with two attached hydrogens (primary N) is 2. The molecule has 6 nitrogen and oxygen atoms in total. The van der Waals surface area contributed by atoms with Gasteiger partial charge in [0.2, 0.25) is 0 Å². The van der Waals surface area contributed by atoms with Gasteiger partial charge in [0, 0.05) is 23.1 Å². The van der Waals surface area contributed by atoms with Crippen LogP contribution in [0.5, 0.6) is 0 Å². The molecule has 2 aromatic rings. The summed E-state index contributed by atoms with van der Waals surface area (Å²) in [6.07, 6.45) is 2.21. The third-order valence-corrected chi connectivity index (χ3v) is 3.74. The molecular formula is C14H21BrN6. The lowest BCUT2D eigenvalue weighted by Gasteiger charge is -2.19. The van der Waals surface area contributed by atoms with Crippen LogP contribution in [-0.2, 0) is 13.0 Å². The van der Waals surface area contributed by atoms with Gasteiger partial charge in [-0.05, 0) is 29.7 Å². The van der Waals surface area contributed by atoms with Gasteiger partial charge in [0.25, 0.3) is 0 Å². The molecule has 0 radical (unpaired) electrons. The van der Waals surface area contributed by atoms with Crippen LogP contribution in [0.4, 0.5) is 5.69 Å². The molecule has 0 fully saturated rings. The summed E-state index contributed by atoms with van der Waals surface area (Å²) in [6, 6.07) is 5.64. The minimum absolute atomic E-state index is 0.113. The van der Waals surface area contributed by atoms with Gasteiger partial charge in [0.15, 0.2) is 0 Å². The molecule has 1 atom stereocenters. The maximum Gasteiger partial charge on any atom is 0.138 e. The number of rotatable bonds is 6. The van der Waals surface area contributed by atoms with Gasteiger partial charge in [-0.15, -0.1) is 0 Å². The summed E-state index contributed by atoms with van der Waals surface area (Å²) in [5.74, 6) is 7.11. The molecule has 1 aromatic heterocycles. The molecule has 0 aliphatic heterocycles. The third kappa shape index (κ3) is 4.03. The molecule has 0 amide bonds. The molecule has 0 aliphatic carbocycles. The van der Waals surface area contributed by atoms with Crippen LogP contribution in [0.25, 0.3) is 0 Å². The zero-order valence-electron chi connectivity index (χ0n) is 12.3. The van der Waals surface area contributed by atoms with Crippen molar-refractivity contribution < 1.29 is 0 Å². The van der Waals surface area contributed by atoms with Crippen molar-refractivity contribution in [1.82, 2.24) is 20.2 Å². The zero-order valence-corrected chi connectivity index (χ0v) is 13.8. The molecule has 7 heteroatoms. The van der Waals surface area contributed by atoms with Crippen molar-refractivity contribution in [2.75, 3.05) is 5.73 Å². The summed E-state index contributed by atoms with van der Waals surface area (Å²) in [5.41, 5.74) is 10.5. The third-order valence-electron chi connectivity index (χ3n) is 3.25. The molecule has 2 rings (SSSR count). The highest BCUT2D eigenvalue weighted by molar-refractivity contribution is 9.10. The Morgan fingerprint density at radius 2 is 2.14 bits per heavy atom. The summed E-state index contributed by atoms with van der Waals surface area (Å²) in [5, 5.41) is 4.27. The average molecular weight is 353 g/mol. The van der Waals surface area contributed by atoms with Gasteiger partial charge in [0.05, 0.1) is 6.04 Å². The summed E-state index contributed by atoms with van der Waals surface area (Å²) in [7, 11) is 0. The van der Waals surface area contributed by atoms with E-state index in [1.54, 1.807) is 6.33 Å². The number of halogens is 1. The number of hydrogen-bond donors (Lipinski definition) is 3. The standard InChI is InChI=1S/C14H21BrN6/c1-9(2)7-21-14(18-8-19-21)6-13(20-17)11-5-10(15)3-4-12(11)16/h3-5,8-9,13,20H,6-7,16-17H2,1-2H3. The summed E-state index contributed by atoms with van der Waals surface area (Å²) in [6.45, 7) is 5.13. The van der Waals surface area contributed by atoms with Crippen molar-refractivity contribution in [2.45, 2.75) is 32.9 Å². The van der Waals surface area contributed by atoms with Crippen molar-refractivity contribution in [2.24, 2.45) is 11.8 Å². The predicted octanol–water partition coefficient (Wildman–Crippen LogP) is 2.03. The molecule has 0 aliphatic rings. The normalized spacial score (nSPS) is 12.8. The van der Waals surface area contributed by atoms with Crippen molar-refractivity contribution in [1.29, 1.82) is 0 Å². The van der Waals surface area contributed by atoms with E-state index in [-0.39, 0.29) is 6.04 Å². The number of hydrazine groups is 1. The number of anilines is 1. The van der Waals surface area contributed by atoms with Gasteiger partial charge >= 0.3 is 0 Å². The maximum absolute atomic E-state index is 6.05. The molecule has 114 valence electrons. The van der Waals surface area contributed by atoms with Crippen LogP contribution in [0.3, 0.4) is 0 Å². The van der Waals surface area contributed by atoms with Crippen LogP contribution < -0.4 is 17.0 Å². The molecule has 0 saturated carbocycles. The van der Waals surface area contributed by atoms with Crippen LogP contribution in [0, 0.1) is 5.92 Å². The Hall–Kier alpha value is -1.44. The Balaban J connectivity index is 2.23. The first-order valence-corrected chi connectivity index (χ1v) is 7.68. The molecule has 21 heavy (non-hydrogen) atoms. The fraction of sp³-hybridized carbons (Fsp3) is 0.429. The monoisotopic (exact) mass is 352 g/mol. The van der Waals surface area contributed by atoms with Crippen molar-refractivity contribution in [3.05, 3.63) is 40.4 Å². The Morgan fingerprint density at radius 3 is 2.81 bits per heavy atom. The first-order valence-electron chi connectivity index (χ1n) is 6.89. The second kappa shape index (κ2) is 7.02. The zero-order chi connectivity index (χ0) is 15.4.